The molecule has 3 rings (SSSR count). The van der Waals surface area contributed by atoms with Gasteiger partial charge >= 0.3 is 0 Å². The average Bonchev–Trinajstić information content (AvgIpc) is 3.26. The second kappa shape index (κ2) is 5.63. The van der Waals surface area contributed by atoms with Crippen molar-refractivity contribution < 1.29 is 4.74 Å². The summed E-state index contributed by atoms with van der Waals surface area (Å²) in [6.07, 6.45) is 4.39. The van der Waals surface area contributed by atoms with E-state index in [0.29, 0.717) is 0 Å². The molecule has 2 aromatic rings. The molecule has 1 aliphatic rings. The van der Waals surface area contributed by atoms with Gasteiger partial charge in [0.15, 0.2) is 0 Å². The van der Waals surface area contributed by atoms with Crippen LogP contribution in [0.1, 0.15) is 29.7 Å². The summed E-state index contributed by atoms with van der Waals surface area (Å²) in [5.74, 6) is 1.69. The Hall–Kier alpha value is -1.87. The molecule has 0 bridgehead atoms. The van der Waals surface area contributed by atoms with Crippen molar-refractivity contribution in [2.45, 2.75) is 39.3 Å². The van der Waals surface area contributed by atoms with Crippen molar-refractivity contribution in [3.8, 4) is 11.5 Å². The lowest BCUT2D eigenvalue weighted by Crippen LogP contribution is -2.15. The molecule has 0 amide bonds. The fourth-order valence-corrected chi connectivity index (χ4v) is 2.06. The highest BCUT2D eigenvalue weighted by atomic mass is 16.5. The molecular weight excluding hydrogens is 248 g/mol. The van der Waals surface area contributed by atoms with Gasteiger partial charge in [-0.25, -0.2) is 0 Å². The van der Waals surface area contributed by atoms with Gasteiger partial charge in [-0.1, -0.05) is 12.1 Å². The fraction of sp³-hybridized carbons (Fsp3) is 0.353. The van der Waals surface area contributed by atoms with Gasteiger partial charge in [0.25, 0.3) is 0 Å². The number of nitrogens with one attached hydrogen (secondary N) is 1. The van der Waals surface area contributed by atoms with E-state index in [1.807, 2.05) is 19.1 Å². The van der Waals surface area contributed by atoms with Crippen molar-refractivity contribution in [3.05, 3.63) is 53.3 Å². The number of ether oxygens (including phenoxy) is 1. The van der Waals surface area contributed by atoms with Crippen molar-refractivity contribution in [2.24, 2.45) is 0 Å². The van der Waals surface area contributed by atoms with Crippen LogP contribution in [0.3, 0.4) is 0 Å². The Morgan fingerprint density at radius 2 is 2.05 bits per heavy atom. The summed E-state index contributed by atoms with van der Waals surface area (Å²) in [7, 11) is 0. The number of hydrogen-bond acceptors (Lipinski definition) is 3. The van der Waals surface area contributed by atoms with Crippen LogP contribution in [0.2, 0.25) is 0 Å². The van der Waals surface area contributed by atoms with Gasteiger partial charge in [0, 0.05) is 18.3 Å². The number of aromatic nitrogens is 1. The molecule has 1 aromatic carbocycles. The van der Waals surface area contributed by atoms with Gasteiger partial charge in [-0.05, 0) is 56.0 Å². The van der Waals surface area contributed by atoms with E-state index >= 15 is 0 Å². The predicted molar refractivity (Wildman–Crippen MR) is 80.1 cm³/mol. The minimum Gasteiger partial charge on any atom is -0.455 e. The third-order valence-electron chi connectivity index (χ3n) is 3.54. The van der Waals surface area contributed by atoms with Crippen LogP contribution in [0.4, 0.5) is 0 Å². The van der Waals surface area contributed by atoms with E-state index in [1.165, 1.54) is 18.4 Å². The molecule has 1 N–H and O–H groups in total. The first kappa shape index (κ1) is 13.1. The normalized spacial score (nSPS) is 14.3. The van der Waals surface area contributed by atoms with Gasteiger partial charge < -0.3 is 10.1 Å². The highest BCUT2D eigenvalue weighted by Gasteiger charge is 2.20. The fourth-order valence-electron chi connectivity index (χ4n) is 2.06. The van der Waals surface area contributed by atoms with Gasteiger partial charge in [-0.2, -0.15) is 0 Å². The van der Waals surface area contributed by atoms with E-state index in [1.54, 1.807) is 6.20 Å². The monoisotopic (exact) mass is 268 g/mol. The average molecular weight is 268 g/mol. The van der Waals surface area contributed by atoms with Crippen LogP contribution < -0.4 is 10.1 Å². The van der Waals surface area contributed by atoms with Crippen LogP contribution in [0, 0.1) is 13.8 Å². The maximum atomic E-state index is 5.94. The molecule has 0 atom stereocenters. The lowest BCUT2D eigenvalue weighted by molar-refractivity contribution is 0.475. The predicted octanol–water partition coefficient (Wildman–Crippen LogP) is 3.74. The Bertz CT molecular complexity index is 588. The van der Waals surface area contributed by atoms with Crippen LogP contribution in [0.15, 0.2) is 36.5 Å². The molecule has 0 unspecified atom stereocenters. The SMILES string of the molecule is Cc1ccc(Oc2cc(CNC3CC3)ccc2C)cn1. The summed E-state index contributed by atoms with van der Waals surface area (Å²) in [6, 6.07) is 11.0. The molecule has 1 fully saturated rings. The van der Waals surface area contributed by atoms with Gasteiger partial charge in [0.05, 0.1) is 6.20 Å². The molecule has 3 heteroatoms. The van der Waals surface area contributed by atoms with Crippen LogP contribution in [-0.4, -0.2) is 11.0 Å². The molecule has 1 heterocycles. The first-order valence-corrected chi connectivity index (χ1v) is 7.14. The Morgan fingerprint density at radius 1 is 1.20 bits per heavy atom. The Kier molecular flexibility index (Phi) is 3.70. The molecule has 0 spiro atoms. The lowest BCUT2D eigenvalue weighted by Gasteiger charge is -2.11. The largest absolute Gasteiger partial charge is 0.455 e. The Labute approximate surface area is 120 Å². The zero-order valence-electron chi connectivity index (χ0n) is 12.0. The van der Waals surface area contributed by atoms with E-state index in [4.69, 9.17) is 4.74 Å². The molecule has 104 valence electrons. The van der Waals surface area contributed by atoms with E-state index in [-0.39, 0.29) is 0 Å². The van der Waals surface area contributed by atoms with Crippen LogP contribution in [-0.2, 0) is 6.54 Å². The van der Waals surface area contributed by atoms with Gasteiger partial charge in [0.1, 0.15) is 11.5 Å². The summed E-state index contributed by atoms with van der Waals surface area (Å²) in [5.41, 5.74) is 3.40. The second-order valence-corrected chi connectivity index (χ2v) is 5.49. The maximum Gasteiger partial charge on any atom is 0.145 e. The zero-order valence-corrected chi connectivity index (χ0v) is 12.0. The summed E-state index contributed by atoms with van der Waals surface area (Å²) in [6.45, 7) is 4.95. The molecule has 0 radical (unpaired) electrons. The first-order chi connectivity index (χ1) is 9.70. The molecule has 1 aliphatic carbocycles. The molecular formula is C17H20N2O. The molecule has 1 saturated carbocycles. The number of benzene rings is 1. The van der Waals surface area contributed by atoms with Crippen molar-refractivity contribution in [2.75, 3.05) is 0 Å². The molecule has 0 aliphatic heterocycles. The molecule has 0 saturated heterocycles. The summed E-state index contributed by atoms with van der Waals surface area (Å²) in [5, 5.41) is 3.52. The Balaban J connectivity index is 1.73. The number of pyridine rings is 1. The smallest absolute Gasteiger partial charge is 0.145 e. The van der Waals surface area contributed by atoms with Crippen LogP contribution in [0.5, 0.6) is 11.5 Å². The van der Waals surface area contributed by atoms with Crippen molar-refractivity contribution in [1.29, 1.82) is 0 Å². The van der Waals surface area contributed by atoms with Gasteiger partial charge in [0.2, 0.25) is 0 Å². The number of hydrogen-bond donors (Lipinski definition) is 1. The number of nitrogens with zero attached hydrogens (tertiary/aromatic N) is 1. The standard InChI is InChI=1S/C17H20N2O/c1-12-3-5-14(10-19-15-6-7-15)9-17(12)20-16-8-4-13(2)18-11-16/h3-5,8-9,11,15,19H,6-7,10H2,1-2H3. The van der Waals surface area contributed by atoms with Gasteiger partial charge in [-0.3, -0.25) is 4.98 Å². The second-order valence-electron chi connectivity index (χ2n) is 5.49. The third kappa shape index (κ3) is 3.36. The number of aryl methyl sites for hydroxylation is 2. The highest BCUT2D eigenvalue weighted by molar-refractivity contribution is 5.39. The molecule has 3 nitrogen and oxygen atoms in total. The third-order valence-corrected chi connectivity index (χ3v) is 3.54. The Morgan fingerprint density at radius 3 is 2.75 bits per heavy atom. The lowest BCUT2D eigenvalue weighted by atomic mass is 10.1. The summed E-state index contributed by atoms with van der Waals surface area (Å²) >= 11 is 0. The van der Waals surface area contributed by atoms with Crippen LogP contribution >= 0.6 is 0 Å². The van der Waals surface area contributed by atoms with E-state index < -0.39 is 0 Å². The number of rotatable bonds is 5. The van der Waals surface area contributed by atoms with Crippen molar-refractivity contribution in [3.63, 3.8) is 0 Å². The van der Waals surface area contributed by atoms with E-state index in [0.717, 1.165) is 35.3 Å². The zero-order chi connectivity index (χ0) is 13.9. The van der Waals surface area contributed by atoms with Crippen molar-refractivity contribution >= 4 is 0 Å². The summed E-state index contributed by atoms with van der Waals surface area (Å²) < 4.78 is 5.94. The molecule has 1 aromatic heterocycles. The van der Waals surface area contributed by atoms with Crippen LogP contribution in [0.25, 0.3) is 0 Å². The topological polar surface area (TPSA) is 34.1 Å². The minimum absolute atomic E-state index is 0.724. The minimum atomic E-state index is 0.724. The van der Waals surface area contributed by atoms with Crippen molar-refractivity contribution in [1.82, 2.24) is 10.3 Å². The van der Waals surface area contributed by atoms with E-state index in [2.05, 4.69) is 35.4 Å². The van der Waals surface area contributed by atoms with Gasteiger partial charge in [-0.15, -0.1) is 0 Å². The molecule has 20 heavy (non-hydrogen) atoms. The van der Waals surface area contributed by atoms with E-state index in [9.17, 15) is 0 Å². The highest BCUT2D eigenvalue weighted by Crippen LogP contribution is 2.26. The first-order valence-electron chi connectivity index (χ1n) is 7.14. The quantitative estimate of drug-likeness (QED) is 0.897. The summed E-state index contributed by atoms with van der Waals surface area (Å²) in [4.78, 5) is 4.26. The maximum absolute atomic E-state index is 5.94.